The number of nitrogens with zero attached hydrogens (tertiary/aromatic N) is 1. The average Bonchev–Trinajstić information content (AvgIpc) is 2.91. The van der Waals surface area contributed by atoms with Gasteiger partial charge >= 0.3 is 0 Å². The molecule has 0 saturated heterocycles. The molecule has 9 heteroatoms. The minimum atomic E-state index is -3.65. The molecule has 1 atom stereocenters. The van der Waals surface area contributed by atoms with Crippen LogP contribution in [0.1, 0.15) is 26.3 Å². The Morgan fingerprint density at radius 2 is 1.93 bits per heavy atom. The monoisotopic (exact) mass is 435 g/mol. The van der Waals surface area contributed by atoms with Gasteiger partial charge in [0.1, 0.15) is 17.6 Å². The molecular weight excluding hydrogens is 414 g/mol. The van der Waals surface area contributed by atoms with Gasteiger partial charge in [-0.2, -0.15) is 0 Å². The molecule has 1 amide bonds. The maximum Gasteiger partial charge on any atom is 0.263 e. The number of amides is 1. The maximum atomic E-state index is 12.5. The van der Waals surface area contributed by atoms with Crippen molar-refractivity contribution in [3.05, 3.63) is 53.1 Å². The molecule has 3 rings (SSSR count). The van der Waals surface area contributed by atoms with Crippen LogP contribution in [-0.4, -0.2) is 32.8 Å². The number of carbonyl (C=O) groups excluding carboxylic acids is 1. The van der Waals surface area contributed by atoms with E-state index in [9.17, 15) is 13.2 Å². The largest absolute Gasteiger partial charge is 0.492 e. The number of nitrogens with one attached hydrogen (secondary N) is 2. The molecule has 0 spiro atoms. The Morgan fingerprint density at radius 3 is 2.62 bits per heavy atom. The molecule has 29 heavy (non-hydrogen) atoms. The minimum Gasteiger partial charge on any atom is -0.492 e. The topological polar surface area (TPSA) is 96.9 Å². The van der Waals surface area contributed by atoms with Crippen LogP contribution in [0.5, 0.6) is 5.75 Å². The summed E-state index contributed by atoms with van der Waals surface area (Å²) in [5, 5.41) is 3.12. The van der Waals surface area contributed by atoms with E-state index >= 15 is 0 Å². The van der Waals surface area contributed by atoms with E-state index in [-0.39, 0.29) is 10.7 Å². The Kier molecular flexibility index (Phi) is 6.14. The molecule has 1 aliphatic heterocycles. The molecule has 1 aliphatic rings. The van der Waals surface area contributed by atoms with Crippen LogP contribution in [0.25, 0.3) is 0 Å². The third-order valence-corrected chi connectivity index (χ3v) is 5.83. The molecule has 0 radical (unpaired) electrons. The van der Waals surface area contributed by atoms with Crippen LogP contribution in [0, 0.1) is 5.92 Å². The van der Waals surface area contributed by atoms with Crippen molar-refractivity contribution in [3.8, 4) is 5.75 Å². The lowest BCUT2D eigenvalue weighted by Gasteiger charge is -2.13. The van der Waals surface area contributed by atoms with Crippen LogP contribution in [0.2, 0.25) is 5.02 Å². The molecular formula is C20H22ClN3O4S. The number of sulfonamides is 1. The molecule has 0 aromatic heterocycles. The summed E-state index contributed by atoms with van der Waals surface area (Å²) in [4.78, 5) is 16.9. The lowest BCUT2D eigenvalue weighted by Crippen LogP contribution is -2.28. The number of rotatable bonds is 6. The van der Waals surface area contributed by atoms with Crippen molar-refractivity contribution in [3.63, 3.8) is 0 Å². The molecule has 7 nitrogen and oxygen atoms in total. The second-order valence-electron chi connectivity index (χ2n) is 7.09. The van der Waals surface area contributed by atoms with E-state index in [2.05, 4.69) is 15.0 Å². The van der Waals surface area contributed by atoms with Gasteiger partial charge in [0.15, 0.2) is 0 Å². The predicted molar refractivity (Wildman–Crippen MR) is 113 cm³/mol. The van der Waals surface area contributed by atoms with Gasteiger partial charge in [0, 0.05) is 11.3 Å². The van der Waals surface area contributed by atoms with Crippen molar-refractivity contribution in [1.82, 2.24) is 4.72 Å². The van der Waals surface area contributed by atoms with E-state index in [4.69, 9.17) is 16.3 Å². The molecule has 1 heterocycles. The van der Waals surface area contributed by atoms with E-state index in [0.29, 0.717) is 34.5 Å². The van der Waals surface area contributed by atoms with Crippen LogP contribution in [0.15, 0.2) is 52.4 Å². The zero-order valence-electron chi connectivity index (χ0n) is 16.3. The number of fused-ring (bicyclic) bond motifs is 1. The summed E-state index contributed by atoms with van der Waals surface area (Å²) in [6.07, 6.45) is 0. The molecule has 154 valence electrons. The van der Waals surface area contributed by atoms with Gasteiger partial charge in [-0.1, -0.05) is 37.6 Å². The average molecular weight is 436 g/mol. The van der Waals surface area contributed by atoms with Crippen molar-refractivity contribution < 1.29 is 17.9 Å². The lowest BCUT2D eigenvalue weighted by atomic mass is 10.2. The van der Waals surface area contributed by atoms with Gasteiger partial charge in [-0.05, 0) is 43.2 Å². The Labute approximate surface area is 175 Å². The van der Waals surface area contributed by atoms with Crippen LogP contribution in [-0.2, 0) is 14.8 Å². The highest BCUT2D eigenvalue weighted by atomic mass is 35.5. The van der Waals surface area contributed by atoms with Crippen molar-refractivity contribution in [2.24, 2.45) is 10.9 Å². The molecule has 0 unspecified atom stereocenters. The Bertz CT molecular complexity index is 1070. The zero-order chi connectivity index (χ0) is 21.2. The highest BCUT2D eigenvalue weighted by molar-refractivity contribution is 7.90. The van der Waals surface area contributed by atoms with E-state index in [1.807, 2.05) is 13.8 Å². The number of carbonyl (C=O) groups is 1. The first kappa shape index (κ1) is 21.1. The quantitative estimate of drug-likeness (QED) is 0.726. The molecule has 2 N–H and O–H groups in total. The summed E-state index contributed by atoms with van der Waals surface area (Å²) in [5.74, 6) is 0.666. The predicted octanol–water partition coefficient (Wildman–Crippen LogP) is 3.44. The fourth-order valence-electron chi connectivity index (χ4n) is 2.68. The summed E-state index contributed by atoms with van der Waals surface area (Å²) in [6.45, 7) is 6.19. The maximum absolute atomic E-state index is 12.5. The van der Waals surface area contributed by atoms with Crippen molar-refractivity contribution in [2.45, 2.75) is 31.7 Å². The number of amidine groups is 1. The number of benzene rings is 2. The minimum absolute atomic E-state index is 0.148. The van der Waals surface area contributed by atoms with Crippen LogP contribution >= 0.6 is 11.6 Å². The summed E-state index contributed by atoms with van der Waals surface area (Å²) in [7, 11) is -3.65. The van der Waals surface area contributed by atoms with Crippen molar-refractivity contribution >= 4 is 39.1 Å². The fourth-order valence-corrected chi connectivity index (χ4v) is 4.16. The third-order valence-electron chi connectivity index (χ3n) is 4.14. The number of aliphatic imine (C=N–C) groups is 1. The smallest absolute Gasteiger partial charge is 0.263 e. The molecule has 0 fully saturated rings. The highest BCUT2D eigenvalue weighted by Gasteiger charge is 2.31. The van der Waals surface area contributed by atoms with E-state index in [1.165, 1.54) is 6.07 Å². The molecule has 2 aromatic carbocycles. The second kappa shape index (κ2) is 8.42. The second-order valence-corrected chi connectivity index (χ2v) is 9.15. The standard InChI is InChI=1S/C20H22ClN3O4S/c1-12(2)11-28-17-9-8-14(10-16(17)21)23-20(25)13(3)22-19-15-6-4-5-7-18(15)29(26,27)24-19/h4-10,12-13H,11H2,1-3H3,(H,22,24)(H,23,25)/t13-/m0/s1. The summed E-state index contributed by atoms with van der Waals surface area (Å²) in [5.41, 5.74) is 0.943. The SMILES string of the molecule is CC(C)COc1ccc(NC(=O)[C@H](C)N=C2NS(=O)(=O)c3ccccc32)cc1Cl. The first-order valence-corrected chi connectivity index (χ1v) is 11.0. The summed E-state index contributed by atoms with van der Waals surface area (Å²) >= 11 is 6.22. The first-order valence-electron chi connectivity index (χ1n) is 9.10. The number of hydrogen-bond acceptors (Lipinski definition) is 5. The summed E-state index contributed by atoms with van der Waals surface area (Å²) < 4.78 is 32.3. The number of hydrogen-bond donors (Lipinski definition) is 2. The number of halogens is 1. The zero-order valence-corrected chi connectivity index (χ0v) is 17.8. The van der Waals surface area contributed by atoms with Gasteiger partial charge < -0.3 is 10.1 Å². The van der Waals surface area contributed by atoms with E-state index in [1.54, 1.807) is 43.3 Å². The number of ether oxygens (including phenoxy) is 1. The molecule has 2 aromatic rings. The molecule has 0 bridgehead atoms. The highest BCUT2D eigenvalue weighted by Crippen LogP contribution is 2.28. The third kappa shape index (κ3) is 4.89. The molecule has 0 aliphatic carbocycles. The van der Waals surface area contributed by atoms with E-state index in [0.717, 1.165) is 0 Å². The number of anilines is 1. The molecule has 0 saturated carbocycles. The van der Waals surface area contributed by atoms with Crippen LogP contribution < -0.4 is 14.8 Å². The fraction of sp³-hybridized carbons (Fsp3) is 0.300. The van der Waals surface area contributed by atoms with Gasteiger partial charge in [0.2, 0.25) is 5.91 Å². The lowest BCUT2D eigenvalue weighted by molar-refractivity contribution is -0.117. The van der Waals surface area contributed by atoms with Crippen LogP contribution in [0.3, 0.4) is 0 Å². The van der Waals surface area contributed by atoms with Gasteiger partial charge in [0.05, 0.1) is 16.5 Å². The van der Waals surface area contributed by atoms with Crippen LogP contribution in [0.4, 0.5) is 5.69 Å². The van der Waals surface area contributed by atoms with Gasteiger partial charge in [-0.15, -0.1) is 0 Å². The Balaban J connectivity index is 1.72. The van der Waals surface area contributed by atoms with Crippen molar-refractivity contribution in [2.75, 3.05) is 11.9 Å². The summed E-state index contributed by atoms with van der Waals surface area (Å²) in [6, 6.07) is 10.6. The van der Waals surface area contributed by atoms with Gasteiger partial charge in [-0.25, -0.2) is 8.42 Å². The Hall–Kier alpha value is -2.58. The van der Waals surface area contributed by atoms with Crippen molar-refractivity contribution in [1.29, 1.82) is 0 Å². The van der Waals surface area contributed by atoms with E-state index < -0.39 is 22.0 Å². The first-order chi connectivity index (χ1) is 13.7. The Morgan fingerprint density at radius 1 is 1.21 bits per heavy atom. The normalized spacial score (nSPS) is 16.9. The van der Waals surface area contributed by atoms with Gasteiger partial charge in [-0.3, -0.25) is 14.5 Å². The van der Waals surface area contributed by atoms with Gasteiger partial charge in [0.25, 0.3) is 10.0 Å².